The summed E-state index contributed by atoms with van der Waals surface area (Å²) in [5, 5.41) is 0. The molecule has 1 nitrogen and oxygen atoms in total. The van der Waals surface area contributed by atoms with Gasteiger partial charge in [0.2, 0.25) is 0 Å². The molecule has 0 N–H and O–H groups in total. The highest BCUT2D eigenvalue weighted by atomic mass is 27.0. The minimum absolute atomic E-state index is 0. The molecule has 1 aliphatic heterocycles. The zero-order valence-electron chi connectivity index (χ0n) is 8.68. The highest BCUT2D eigenvalue weighted by Crippen LogP contribution is 2.29. The van der Waals surface area contributed by atoms with Crippen LogP contribution in [0.15, 0.2) is 0 Å². The van der Waals surface area contributed by atoms with Crippen LogP contribution in [0.1, 0.15) is 40.0 Å². The van der Waals surface area contributed by atoms with Crippen LogP contribution in [0.4, 0.5) is 0 Å². The van der Waals surface area contributed by atoms with Crippen molar-refractivity contribution in [3.63, 3.8) is 0 Å². The fourth-order valence-electron chi connectivity index (χ4n) is 2.21. The first-order chi connectivity index (χ1) is 5.74. The van der Waals surface area contributed by atoms with Crippen LogP contribution in [-0.4, -0.2) is 47.9 Å². The number of hydrogen-bond acceptors (Lipinski definition) is 1. The maximum atomic E-state index is 5.48. The van der Waals surface area contributed by atoms with Crippen LogP contribution in [0.3, 0.4) is 0 Å². The molecule has 3 heteroatoms. The van der Waals surface area contributed by atoms with Gasteiger partial charge in [0.1, 0.15) is 0 Å². The molecule has 0 amide bonds. The maximum absolute atomic E-state index is 5.48. The van der Waals surface area contributed by atoms with E-state index in [1.807, 2.05) is 0 Å². The van der Waals surface area contributed by atoms with Crippen molar-refractivity contribution in [2.24, 2.45) is 17.8 Å². The first-order valence-electron chi connectivity index (χ1n) is 5.31. The molecule has 1 heterocycles. The average Bonchev–Trinajstić information content (AvgIpc) is 2.04. The van der Waals surface area contributed by atoms with Crippen LogP contribution in [0.25, 0.3) is 0 Å². The van der Waals surface area contributed by atoms with Crippen molar-refractivity contribution in [1.29, 1.82) is 0 Å². The van der Waals surface area contributed by atoms with E-state index in [-0.39, 0.29) is 34.7 Å². The van der Waals surface area contributed by atoms with E-state index in [1.165, 1.54) is 19.3 Å². The van der Waals surface area contributed by atoms with Gasteiger partial charge in [0.15, 0.2) is 34.7 Å². The summed E-state index contributed by atoms with van der Waals surface area (Å²) < 4.78 is 5.48. The monoisotopic (exact) mass is 230 g/mol. The first kappa shape index (κ1) is 17.4. The molecule has 0 bridgehead atoms. The van der Waals surface area contributed by atoms with Crippen molar-refractivity contribution in [1.82, 2.24) is 0 Å². The quantitative estimate of drug-likeness (QED) is 0.649. The van der Waals surface area contributed by atoms with Crippen LogP contribution in [0.5, 0.6) is 0 Å². The molecule has 1 saturated heterocycles. The summed E-state index contributed by atoms with van der Waals surface area (Å²) in [6, 6.07) is 0. The van der Waals surface area contributed by atoms with Crippen LogP contribution >= 0.6 is 0 Å². The predicted molar refractivity (Wildman–Crippen MR) is 72.0 cm³/mol. The summed E-state index contributed by atoms with van der Waals surface area (Å²) in [7, 11) is 0. The van der Waals surface area contributed by atoms with E-state index >= 15 is 0 Å². The average molecular weight is 230 g/mol. The molecule has 84 valence electrons. The normalized spacial score (nSPS) is 26.6. The van der Waals surface area contributed by atoms with Crippen molar-refractivity contribution in [3.05, 3.63) is 0 Å². The van der Waals surface area contributed by atoms with Crippen LogP contribution in [0, 0.1) is 17.8 Å². The van der Waals surface area contributed by atoms with Gasteiger partial charge in [-0.05, 0) is 30.6 Å². The van der Waals surface area contributed by atoms with Crippen LogP contribution in [0.2, 0.25) is 0 Å². The summed E-state index contributed by atoms with van der Waals surface area (Å²) in [6.45, 7) is 8.93. The minimum Gasteiger partial charge on any atom is -0.381 e. The number of rotatable bonds is 3. The summed E-state index contributed by atoms with van der Waals surface area (Å²) in [6.07, 6.45) is 3.97. The third kappa shape index (κ3) is 5.80. The van der Waals surface area contributed by atoms with E-state index in [1.54, 1.807) is 0 Å². The molecule has 2 atom stereocenters. The second-order valence-electron chi connectivity index (χ2n) is 4.42. The zero-order chi connectivity index (χ0) is 8.97. The summed E-state index contributed by atoms with van der Waals surface area (Å²) in [5.74, 6) is 2.62. The van der Waals surface area contributed by atoms with Gasteiger partial charge in [0.25, 0.3) is 0 Å². The van der Waals surface area contributed by atoms with Gasteiger partial charge in [0.05, 0.1) is 0 Å². The van der Waals surface area contributed by atoms with Crippen molar-refractivity contribution < 1.29 is 4.74 Å². The Bertz CT molecular complexity index is 128. The molecule has 2 unspecified atom stereocenters. The Balaban J connectivity index is 0. The third-order valence-corrected chi connectivity index (χ3v) is 2.93. The topological polar surface area (TPSA) is 9.23 Å². The van der Waals surface area contributed by atoms with E-state index in [0.717, 1.165) is 31.0 Å². The Hall–Kier alpha value is 1.02. The van der Waals surface area contributed by atoms with Gasteiger partial charge in [-0.1, -0.05) is 27.2 Å². The lowest BCUT2D eigenvalue weighted by molar-refractivity contribution is 0.00870. The highest BCUT2D eigenvalue weighted by molar-refractivity contribution is 5.76. The molecule has 0 saturated carbocycles. The predicted octanol–water partition coefficient (Wildman–Crippen LogP) is 0.727. The highest BCUT2D eigenvalue weighted by Gasteiger charge is 2.24. The third-order valence-electron chi connectivity index (χ3n) is 2.93. The summed E-state index contributed by atoms with van der Waals surface area (Å²) in [5.41, 5.74) is 0. The number of ether oxygens (including phenoxy) is 1. The Kier molecular flexibility index (Phi) is 11.5. The van der Waals surface area contributed by atoms with Crippen molar-refractivity contribution in [2.45, 2.75) is 40.0 Å². The molecule has 1 rings (SSSR count). The van der Waals surface area contributed by atoms with Crippen molar-refractivity contribution >= 4 is 34.7 Å². The molecular formula is C11H28Al2O. The van der Waals surface area contributed by atoms with Gasteiger partial charge in [-0.25, -0.2) is 0 Å². The van der Waals surface area contributed by atoms with Crippen molar-refractivity contribution in [2.75, 3.05) is 13.2 Å². The second-order valence-corrected chi connectivity index (χ2v) is 4.42. The smallest absolute Gasteiger partial charge is 0.187 e. The lowest BCUT2D eigenvalue weighted by Crippen LogP contribution is -2.27. The van der Waals surface area contributed by atoms with Gasteiger partial charge in [0, 0.05) is 13.2 Å². The Labute approximate surface area is 110 Å². The molecule has 0 spiro atoms. The standard InChI is InChI=1S/C11H22O.2Al.6H/c1-4-10-8-12-6-5-11(10)7-9(2)3;;;;;;;;/h9-11H,4-8H2,1-3H3;;;;;;;;. The fraction of sp³-hybridized carbons (Fsp3) is 1.00. The van der Waals surface area contributed by atoms with Gasteiger partial charge >= 0.3 is 0 Å². The molecule has 0 aromatic carbocycles. The summed E-state index contributed by atoms with van der Waals surface area (Å²) in [4.78, 5) is 0. The lowest BCUT2D eigenvalue weighted by atomic mass is 9.81. The van der Waals surface area contributed by atoms with E-state index < -0.39 is 0 Å². The Morgan fingerprint density at radius 3 is 2.36 bits per heavy atom. The van der Waals surface area contributed by atoms with E-state index in [4.69, 9.17) is 4.74 Å². The van der Waals surface area contributed by atoms with Gasteiger partial charge in [-0.15, -0.1) is 0 Å². The second kappa shape index (κ2) is 9.27. The fourth-order valence-corrected chi connectivity index (χ4v) is 2.21. The Morgan fingerprint density at radius 1 is 1.21 bits per heavy atom. The number of hydrogen-bond donors (Lipinski definition) is 0. The summed E-state index contributed by atoms with van der Waals surface area (Å²) >= 11 is 0. The molecule has 1 aliphatic rings. The molecule has 1 fully saturated rings. The van der Waals surface area contributed by atoms with Crippen LogP contribution in [-0.2, 0) is 4.74 Å². The molecule has 0 aliphatic carbocycles. The maximum Gasteiger partial charge on any atom is 0.187 e. The van der Waals surface area contributed by atoms with Gasteiger partial charge in [-0.3, -0.25) is 0 Å². The van der Waals surface area contributed by atoms with E-state index in [2.05, 4.69) is 20.8 Å². The zero-order valence-corrected chi connectivity index (χ0v) is 8.68. The van der Waals surface area contributed by atoms with E-state index in [0.29, 0.717) is 0 Å². The van der Waals surface area contributed by atoms with Gasteiger partial charge in [-0.2, -0.15) is 0 Å². The van der Waals surface area contributed by atoms with Crippen molar-refractivity contribution in [3.8, 4) is 0 Å². The van der Waals surface area contributed by atoms with Gasteiger partial charge < -0.3 is 4.74 Å². The Morgan fingerprint density at radius 2 is 1.86 bits per heavy atom. The largest absolute Gasteiger partial charge is 0.381 e. The SMILES string of the molecule is CCC1COCCC1CC(C)C.[AlH3].[AlH3]. The first-order valence-corrected chi connectivity index (χ1v) is 5.31. The molecule has 14 heavy (non-hydrogen) atoms. The molecular weight excluding hydrogens is 202 g/mol. The minimum atomic E-state index is 0. The van der Waals surface area contributed by atoms with Crippen LogP contribution < -0.4 is 0 Å². The molecule has 0 aromatic rings. The molecule has 0 radical (unpaired) electrons. The molecule has 0 aromatic heterocycles. The van der Waals surface area contributed by atoms with E-state index in [9.17, 15) is 0 Å². The lowest BCUT2D eigenvalue weighted by Gasteiger charge is -2.31.